The summed E-state index contributed by atoms with van der Waals surface area (Å²) < 4.78 is 14.1. The SMILES string of the molecule is CC1(C)C(=O)Nc2ccc(NC(=O)C3(c4ccccc4F)CC3)cc21. The van der Waals surface area contributed by atoms with Gasteiger partial charge in [-0.05, 0) is 56.5 Å². The van der Waals surface area contributed by atoms with Crippen molar-refractivity contribution in [3.63, 3.8) is 0 Å². The maximum absolute atomic E-state index is 14.1. The van der Waals surface area contributed by atoms with Crippen LogP contribution in [0.15, 0.2) is 42.5 Å². The topological polar surface area (TPSA) is 58.2 Å². The number of amides is 2. The van der Waals surface area contributed by atoms with Crippen molar-refractivity contribution in [2.75, 3.05) is 10.6 Å². The highest BCUT2D eigenvalue weighted by Crippen LogP contribution is 2.50. The van der Waals surface area contributed by atoms with Gasteiger partial charge in [-0.1, -0.05) is 18.2 Å². The molecule has 1 fully saturated rings. The first-order chi connectivity index (χ1) is 11.8. The largest absolute Gasteiger partial charge is 0.325 e. The lowest BCUT2D eigenvalue weighted by molar-refractivity contribution is -0.120. The summed E-state index contributed by atoms with van der Waals surface area (Å²) in [7, 11) is 0. The third-order valence-electron chi connectivity index (χ3n) is 5.34. The molecular weight excluding hydrogens is 319 g/mol. The minimum atomic E-state index is -0.784. The number of fused-ring (bicyclic) bond motifs is 1. The molecule has 5 heteroatoms. The average molecular weight is 338 g/mol. The second kappa shape index (κ2) is 5.15. The van der Waals surface area contributed by atoms with Crippen LogP contribution in [0.4, 0.5) is 15.8 Å². The van der Waals surface area contributed by atoms with Gasteiger partial charge in [-0.2, -0.15) is 0 Å². The molecule has 0 spiro atoms. The van der Waals surface area contributed by atoms with E-state index in [-0.39, 0.29) is 17.6 Å². The van der Waals surface area contributed by atoms with Gasteiger partial charge in [0.05, 0.1) is 10.8 Å². The Morgan fingerprint density at radius 1 is 1.12 bits per heavy atom. The maximum atomic E-state index is 14.1. The van der Waals surface area contributed by atoms with Gasteiger partial charge in [0.2, 0.25) is 11.8 Å². The molecule has 128 valence electrons. The smallest absolute Gasteiger partial charge is 0.235 e. The molecule has 4 rings (SSSR count). The molecule has 0 aromatic heterocycles. The molecule has 0 unspecified atom stereocenters. The van der Waals surface area contributed by atoms with Gasteiger partial charge in [-0.15, -0.1) is 0 Å². The Bertz CT molecular complexity index is 900. The lowest BCUT2D eigenvalue weighted by Gasteiger charge is -2.19. The molecule has 0 atom stereocenters. The van der Waals surface area contributed by atoms with E-state index in [1.165, 1.54) is 6.07 Å². The highest BCUT2D eigenvalue weighted by molar-refractivity contribution is 6.07. The Balaban J connectivity index is 1.62. The Kier molecular flexibility index (Phi) is 3.26. The van der Waals surface area contributed by atoms with E-state index in [1.54, 1.807) is 30.3 Å². The van der Waals surface area contributed by atoms with Crippen molar-refractivity contribution in [1.29, 1.82) is 0 Å². The summed E-state index contributed by atoms with van der Waals surface area (Å²) in [4.78, 5) is 24.9. The molecule has 1 aliphatic carbocycles. The van der Waals surface area contributed by atoms with Crippen molar-refractivity contribution in [3.05, 3.63) is 59.4 Å². The molecule has 2 aromatic rings. The van der Waals surface area contributed by atoms with Crippen molar-refractivity contribution >= 4 is 23.2 Å². The normalized spacial score (nSPS) is 19.1. The highest BCUT2D eigenvalue weighted by Gasteiger charge is 2.52. The molecule has 1 saturated carbocycles. The van der Waals surface area contributed by atoms with E-state index in [2.05, 4.69) is 10.6 Å². The fraction of sp³-hybridized carbons (Fsp3) is 0.300. The van der Waals surface area contributed by atoms with Crippen LogP contribution in [0, 0.1) is 5.82 Å². The van der Waals surface area contributed by atoms with Crippen LogP contribution in [0.2, 0.25) is 0 Å². The number of nitrogens with one attached hydrogen (secondary N) is 2. The monoisotopic (exact) mass is 338 g/mol. The quantitative estimate of drug-likeness (QED) is 0.896. The van der Waals surface area contributed by atoms with E-state index in [9.17, 15) is 14.0 Å². The molecule has 1 aliphatic heterocycles. The third-order valence-corrected chi connectivity index (χ3v) is 5.34. The molecule has 2 aliphatic rings. The van der Waals surface area contributed by atoms with Crippen LogP contribution in [0.25, 0.3) is 0 Å². The van der Waals surface area contributed by atoms with Gasteiger partial charge in [-0.25, -0.2) is 4.39 Å². The van der Waals surface area contributed by atoms with E-state index in [0.29, 0.717) is 24.1 Å². The molecule has 2 amide bonds. The molecule has 0 saturated heterocycles. The van der Waals surface area contributed by atoms with Crippen LogP contribution in [-0.4, -0.2) is 11.8 Å². The second-order valence-electron chi connectivity index (χ2n) is 7.36. The summed E-state index contributed by atoms with van der Waals surface area (Å²) in [5.41, 5.74) is 1.27. The van der Waals surface area contributed by atoms with Gasteiger partial charge in [0.25, 0.3) is 0 Å². The van der Waals surface area contributed by atoms with Crippen LogP contribution in [-0.2, 0) is 20.4 Å². The van der Waals surface area contributed by atoms with Crippen LogP contribution in [0.5, 0.6) is 0 Å². The van der Waals surface area contributed by atoms with Gasteiger partial charge in [0.15, 0.2) is 0 Å². The van der Waals surface area contributed by atoms with Crippen molar-refractivity contribution in [3.8, 4) is 0 Å². The minimum Gasteiger partial charge on any atom is -0.325 e. The van der Waals surface area contributed by atoms with Crippen molar-refractivity contribution in [2.24, 2.45) is 0 Å². The zero-order chi connectivity index (χ0) is 17.8. The number of benzene rings is 2. The zero-order valence-electron chi connectivity index (χ0n) is 14.2. The molecule has 2 N–H and O–H groups in total. The van der Waals surface area contributed by atoms with E-state index in [4.69, 9.17) is 0 Å². The maximum Gasteiger partial charge on any atom is 0.235 e. The number of hydrogen-bond donors (Lipinski definition) is 2. The third kappa shape index (κ3) is 2.34. The number of hydrogen-bond acceptors (Lipinski definition) is 2. The Hall–Kier alpha value is -2.69. The van der Waals surface area contributed by atoms with Gasteiger partial charge < -0.3 is 10.6 Å². The van der Waals surface area contributed by atoms with Crippen LogP contribution in [0.1, 0.15) is 37.8 Å². The van der Waals surface area contributed by atoms with E-state index < -0.39 is 10.8 Å². The average Bonchev–Trinajstić information content (AvgIpc) is 3.34. The van der Waals surface area contributed by atoms with Crippen LogP contribution >= 0.6 is 0 Å². The Morgan fingerprint density at radius 3 is 2.52 bits per heavy atom. The first kappa shape index (κ1) is 15.8. The summed E-state index contributed by atoms with van der Waals surface area (Å²) in [6, 6.07) is 11.8. The zero-order valence-corrected chi connectivity index (χ0v) is 14.2. The summed E-state index contributed by atoms with van der Waals surface area (Å²) in [5.74, 6) is -0.608. The van der Waals surface area contributed by atoms with Gasteiger partial charge in [-0.3, -0.25) is 9.59 Å². The van der Waals surface area contributed by atoms with Gasteiger partial charge >= 0.3 is 0 Å². The summed E-state index contributed by atoms with van der Waals surface area (Å²) >= 11 is 0. The lowest BCUT2D eigenvalue weighted by atomic mass is 9.86. The fourth-order valence-electron chi connectivity index (χ4n) is 3.49. The number of carbonyl (C=O) groups excluding carboxylic acids is 2. The van der Waals surface area contributed by atoms with Gasteiger partial charge in [0.1, 0.15) is 5.82 Å². The first-order valence-corrected chi connectivity index (χ1v) is 8.37. The fourth-order valence-corrected chi connectivity index (χ4v) is 3.49. The molecule has 1 heterocycles. The number of halogens is 1. The minimum absolute atomic E-state index is 0.0593. The van der Waals surface area contributed by atoms with E-state index in [1.807, 2.05) is 19.9 Å². The molecule has 4 nitrogen and oxygen atoms in total. The van der Waals surface area contributed by atoms with Crippen molar-refractivity contribution in [2.45, 2.75) is 37.5 Å². The number of anilines is 2. The number of rotatable bonds is 3. The van der Waals surface area contributed by atoms with Crippen molar-refractivity contribution in [1.82, 2.24) is 0 Å². The summed E-state index contributed by atoms with van der Waals surface area (Å²) in [6.07, 6.45) is 1.27. The van der Waals surface area contributed by atoms with E-state index >= 15 is 0 Å². The molecular formula is C20H19FN2O2. The standard InChI is InChI=1S/C20H19FN2O2/c1-19(2)14-11-12(7-8-16(14)23-17(19)24)22-18(25)20(9-10-20)13-5-3-4-6-15(13)21/h3-8,11H,9-10H2,1-2H3,(H,22,25)(H,23,24). The van der Waals surface area contributed by atoms with Gasteiger partial charge in [0, 0.05) is 16.9 Å². The molecule has 0 bridgehead atoms. The Morgan fingerprint density at radius 2 is 1.84 bits per heavy atom. The predicted molar refractivity (Wildman–Crippen MR) is 94.0 cm³/mol. The van der Waals surface area contributed by atoms with Crippen LogP contribution in [0.3, 0.4) is 0 Å². The molecule has 25 heavy (non-hydrogen) atoms. The number of carbonyl (C=O) groups is 2. The van der Waals surface area contributed by atoms with Crippen LogP contribution < -0.4 is 10.6 Å². The highest BCUT2D eigenvalue weighted by atomic mass is 19.1. The lowest BCUT2D eigenvalue weighted by Crippen LogP contribution is -2.29. The van der Waals surface area contributed by atoms with E-state index in [0.717, 1.165) is 11.3 Å². The second-order valence-corrected chi connectivity index (χ2v) is 7.36. The molecule has 0 radical (unpaired) electrons. The first-order valence-electron chi connectivity index (χ1n) is 8.37. The van der Waals surface area contributed by atoms with Crippen molar-refractivity contribution < 1.29 is 14.0 Å². The molecule has 2 aromatic carbocycles. The Labute approximate surface area is 145 Å². The summed E-state index contributed by atoms with van der Waals surface area (Å²) in [6.45, 7) is 3.70. The predicted octanol–water partition coefficient (Wildman–Crippen LogP) is 3.73. The summed E-state index contributed by atoms with van der Waals surface area (Å²) in [5, 5.41) is 5.75.